The lowest BCUT2D eigenvalue weighted by Gasteiger charge is -2.36. The number of aliphatic hydroxyl groups excluding tert-OH is 1. The third-order valence-corrected chi connectivity index (χ3v) is 6.98. The molecule has 1 fully saturated rings. The van der Waals surface area contributed by atoms with E-state index < -0.39 is 23.2 Å². The van der Waals surface area contributed by atoms with E-state index in [-0.39, 0.29) is 30.1 Å². The van der Waals surface area contributed by atoms with Gasteiger partial charge in [0.25, 0.3) is 0 Å². The van der Waals surface area contributed by atoms with E-state index in [1.54, 1.807) is 14.0 Å². The van der Waals surface area contributed by atoms with Gasteiger partial charge in [-0.05, 0) is 49.5 Å². The predicted octanol–water partition coefficient (Wildman–Crippen LogP) is 2.50. The summed E-state index contributed by atoms with van der Waals surface area (Å²) in [6.07, 6.45) is 2.94. The van der Waals surface area contributed by atoms with Crippen LogP contribution in [-0.4, -0.2) is 52.3 Å². The fraction of sp³-hybridized carbons (Fsp3) is 0.762. The summed E-state index contributed by atoms with van der Waals surface area (Å²) in [7, 11) is 1.55. The number of hydrogen-bond donors (Lipinski definition) is 3. The van der Waals surface area contributed by atoms with Crippen LogP contribution in [0.25, 0.3) is 0 Å². The van der Waals surface area contributed by atoms with Gasteiger partial charge >= 0.3 is 0 Å². The van der Waals surface area contributed by atoms with Crippen LogP contribution in [0.3, 0.4) is 0 Å². The molecule has 3 aliphatic carbocycles. The monoisotopic (exact) mass is 380 g/mol. The second kappa shape index (κ2) is 7.08. The van der Waals surface area contributed by atoms with Crippen molar-refractivity contribution in [1.82, 2.24) is 0 Å². The van der Waals surface area contributed by atoms with E-state index in [0.29, 0.717) is 18.4 Å². The van der Waals surface area contributed by atoms with E-state index in [9.17, 15) is 20.3 Å². The Kier molecular flexibility index (Phi) is 5.42. The summed E-state index contributed by atoms with van der Waals surface area (Å²) >= 11 is 0. The Hall–Kier alpha value is -1.05. The Bertz CT molecular complexity index is 680. The summed E-state index contributed by atoms with van der Waals surface area (Å²) in [4.78, 5) is 17.9. The van der Waals surface area contributed by atoms with Gasteiger partial charge in [-0.15, -0.1) is 0 Å². The fourth-order valence-corrected chi connectivity index (χ4v) is 5.40. The zero-order valence-electron chi connectivity index (χ0n) is 16.9. The van der Waals surface area contributed by atoms with Crippen molar-refractivity contribution in [2.45, 2.75) is 64.3 Å². The second-order valence-electron chi connectivity index (χ2n) is 8.96. The predicted molar refractivity (Wildman–Crippen MR) is 99.9 cm³/mol. The van der Waals surface area contributed by atoms with Crippen LogP contribution < -0.4 is 0 Å². The van der Waals surface area contributed by atoms with E-state index in [0.717, 1.165) is 17.6 Å². The lowest BCUT2D eigenvalue weighted by atomic mass is 9.73. The van der Waals surface area contributed by atoms with Gasteiger partial charge in [0.2, 0.25) is 0 Å². The number of Topliss-reactive ketones (excluding diaryl/α,β-unsaturated/α-hetero) is 1. The number of hydrogen-bond acceptors (Lipinski definition) is 6. The highest BCUT2D eigenvalue weighted by molar-refractivity contribution is 6.06. The number of methoxy groups -OCH3 is 1. The Balaban J connectivity index is 2.22. The normalized spacial score (nSPS) is 44.0. The molecule has 0 bridgehead atoms. The lowest BCUT2D eigenvalue weighted by Crippen LogP contribution is -2.43. The number of rotatable bonds is 4. The molecule has 6 heteroatoms. The van der Waals surface area contributed by atoms with Gasteiger partial charge in [0.15, 0.2) is 11.4 Å². The van der Waals surface area contributed by atoms with Crippen LogP contribution in [0.2, 0.25) is 0 Å². The van der Waals surface area contributed by atoms with Gasteiger partial charge in [0.1, 0.15) is 5.60 Å². The summed E-state index contributed by atoms with van der Waals surface area (Å²) in [5.41, 5.74) is -0.354. The molecule has 0 aromatic carbocycles. The summed E-state index contributed by atoms with van der Waals surface area (Å²) in [6, 6.07) is 0. The molecule has 0 amide bonds. The number of ketones is 1. The molecule has 0 heterocycles. The highest BCUT2D eigenvalue weighted by atomic mass is 17.1. The van der Waals surface area contributed by atoms with E-state index in [1.807, 2.05) is 26.8 Å². The standard InChI is InChI=1S/C21H32O6/c1-11(2)18-14-8-17(22)12(3)13-6-7-21(24,10-26-5)16(13)9-15(14)20(4,27-25)19(18)23/h9,11-13,15,17,22,24-25H,6-8,10H2,1-5H3/b16-9+/t12-,13+,15?,17+,20-,21+/m1/s1. The molecular formula is C21H32O6. The van der Waals surface area contributed by atoms with E-state index in [2.05, 4.69) is 0 Å². The highest BCUT2D eigenvalue weighted by Crippen LogP contribution is 2.53. The van der Waals surface area contributed by atoms with E-state index >= 15 is 0 Å². The average Bonchev–Trinajstić information content (AvgIpc) is 3.02. The number of aliphatic hydroxyl groups is 2. The van der Waals surface area contributed by atoms with Crippen molar-refractivity contribution in [1.29, 1.82) is 0 Å². The maximum Gasteiger partial charge on any atom is 0.194 e. The summed E-state index contributed by atoms with van der Waals surface area (Å²) < 4.78 is 5.27. The molecule has 0 spiro atoms. The Morgan fingerprint density at radius 3 is 2.59 bits per heavy atom. The van der Waals surface area contributed by atoms with Crippen LogP contribution >= 0.6 is 0 Å². The Morgan fingerprint density at radius 1 is 1.37 bits per heavy atom. The molecule has 1 saturated carbocycles. The summed E-state index contributed by atoms with van der Waals surface area (Å²) in [5, 5.41) is 31.8. The summed E-state index contributed by atoms with van der Waals surface area (Å²) in [6.45, 7) is 7.61. The van der Waals surface area contributed by atoms with Crippen LogP contribution in [0.4, 0.5) is 0 Å². The molecule has 0 saturated heterocycles. The quantitative estimate of drug-likeness (QED) is 0.394. The molecule has 27 heavy (non-hydrogen) atoms. The first-order valence-electron chi connectivity index (χ1n) is 9.82. The highest BCUT2D eigenvalue weighted by Gasteiger charge is 2.56. The average molecular weight is 380 g/mol. The molecule has 3 rings (SSSR count). The van der Waals surface area contributed by atoms with Crippen molar-refractivity contribution in [2.75, 3.05) is 13.7 Å². The molecule has 3 N–H and O–H groups in total. The molecule has 0 aromatic rings. The number of carbonyl (C=O) groups excluding carboxylic acids is 1. The molecule has 0 radical (unpaired) electrons. The minimum Gasteiger partial charge on any atom is -0.392 e. The van der Waals surface area contributed by atoms with Crippen molar-refractivity contribution in [3.8, 4) is 0 Å². The minimum atomic E-state index is -1.44. The number of ether oxygens (including phenoxy) is 1. The van der Waals surface area contributed by atoms with Crippen LogP contribution in [0.5, 0.6) is 0 Å². The molecule has 6 nitrogen and oxygen atoms in total. The first-order chi connectivity index (χ1) is 12.6. The largest absolute Gasteiger partial charge is 0.392 e. The molecule has 0 aromatic heterocycles. The lowest BCUT2D eigenvalue weighted by molar-refractivity contribution is -0.310. The van der Waals surface area contributed by atoms with Crippen molar-refractivity contribution in [2.24, 2.45) is 23.7 Å². The SMILES string of the molecule is COC[C@@]1(O)CC[C@@H]2/C1=C\C1C(=C(C(C)C)C(=O)[C@]1(C)OO)C[C@H](O)[C@@H]2C. The van der Waals surface area contributed by atoms with Gasteiger partial charge < -0.3 is 14.9 Å². The first-order valence-corrected chi connectivity index (χ1v) is 9.82. The zero-order chi connectivity index (χ0) is 20.1. The zero-order valence-corrected chi connectivity index (χ0v) is 16.9. The molecule has 152 valence electrons. The van der Waals surface area contributed by atoms with Gasteiger partial charge in [0.05, 0.1) is 12.7 Å². The van der Waals surface area contributed by atoms with Crippen molar-refractivity contribution < 1.29 is 29.9 Å². The maximum atomic E-state index is 13.1. The van der Waals surface area contributed by atoms with Crippen LogP contribution in [-0.2, 0) is 14.4 Å². The third kappa shape index (κ3) is 3.02. The van der Waals surface area contributed by atoms with Crippen LogP contribution in [0.1, 0.15) is 47.0 Å². The fourth-order valence-electron chi connectivity index (χ4n) is 5.40. The van der Waals surface area contributed by atoms with Gasteiger partial charge in [0, 0.05) is 18.6 Å². The third-order valence-electron chi connectivity index (χ3n) is 6.98. The first kappa shape index (κ1) is 20.7. The van der Waals surface area contributed by atoms with E-state index in [4.69, 9.17) is 9.62 Å². The van der Waals surface area contributed by atoms with Gasteiger partial charge in [-0.2, -0.15) is 0 Å². The van der Waals surface area contributed by atoms with Gasteiger partial charge in [-0.1, -0.05) is 32.4 Å². The molecule has 3 aliphatic rings. The van der Waals surface area contributed by atoms with E-state index in [1.165, 1.54) is 0 Å². The number of carbonyl (C=O) groups is 1. The smallest absolute Gasteiger partial charge is 0.194 e. The van der Waals surface area contributed by atoms with Crippen LogP contribution in [0.15, 0.2) is 22.8 Å². The molecule has 6 atom stereocenters. The Morgan fingerprint density at radius 2 is 2.04 bits per heavy atom. The topological polar surface area (TPSA) is 96.2 Å². The van der Waals surface area contributed by atoms with Gasteiger partial charge in [-0.25, -0.2) is 4.89 Å². The van der Waals surface area contributed by atoms with Crippen molar-refractivity contribution in [3.63, 3.8) is 0 Å². The molecular weight excluding hydrogens is 348 g/mol. The number of fused-ring (bicyclic) bond motifs is 2. The second-order valence-corrected chi connectivity index (χ2v) is 8.96. The molecule has 1 unspecified atom stereocenters. The van der Waals surface area contributed by atoms with Crippen molar-refractivity contribution in [3.05, 3.63) is 22.8 Å². The Labute approximate surface area is 160 Å². The van der Waals surface area contributed by atoms with Gasteiger partial charge in [-0.3, -0.25) is 10.1 Å². The molecule has 0 aliphatic heterocycles. The summed E-state index contributed by atoms with van der Waals surface area (Å²) in [5.74, 6) is -0.870. The van der Waals surface area contributed by atoms with Crippen LogP contribution in [0, 0.1) is 23.7 Å². The van der Waals surface area contributed by atoms with Crippen molar-refractivity contribution >= 4 is 5.78 Å². The maximum absolute atomic E-state index is 13.1. The minimum absolute atomic E-state index is 0.00263.